The summed E-state index contributed by atoms with van der Waals surface area (Å²) in [7, 11) is 3.11. The summed E-state index contributed by atoms with van der Waals surface area (Å²) in [5, 5.41) is 7.10. The van der Waals surface area contributed by atoms with Crippen molar-refractivity contribution in [1.29, 1.82) is 0 Å². The number of anilines is 1. The minimum atomic E-state index is -0.365. The van der Waals surface area contributed by atoms with Gasteiger partial charge in [0.15, 0.2) is 0 Å². The Morgan fingerprint density at radius 1 is 1.07 bits per heavy atom. The van der Waals surface area contributed by atoms with Crippen LogP contribution in [0.4, 0.5) is 5.69 Å². The van der Waals surface area contributed by atoms with Crippen LogP contribution in [0.1, 0.15) is 5.56 Å². The highest BCUT2D eigenvalue weighted by molar-refractivity contribution is 5.90. The lowest BCUT2D eigenvalue weighted by Gasteiger charge is -2.12. The molecule has 0 spiro atoms. The second-order valence-electron chi connectivity index (χ2n) is 6.20. The molecule has 2 aromatic carbocycles. The number of carbonyl (C=O) groups is 1. The molecule has 0 bridgehead atoms. The first-order valence-corrected chi connectivity index (χ1v) is 8.67. The van der Waals surface area contributed by atoms with Crippen molar-refractivity contribution in [1.82, 2.24) is 9.78 Å². The molecular formula is C21H21N3O4. The summed E-state index contributed by atoms with van der Waals surface area (Å²) in [5.41, 5.74) is 2.54. The number of carbonyl (C=O) groups excluding carboxylic acids is 1. The Morgan fingerprint density at radius 2 is 1.89 bits per heavy atom. The maximum absolute atomic E-state index is 12.3. The van der Waals surface area contributed by atoms with E-state index in [0.29, 0.717) is 28.4 Å². The molecule has 0 fully saturated rings. The molecule has 7 heteroatoms. The molecule has 0 aliphatic rings. The fourth-order valence-corrected chi connectivity index (χ4v) is 2.78. The topological polar surface area (TPSA) is 82.5 Å². The van der Waals surface area contributed by atoms with Crippen LogP contribution in [-0.2, 0) is 11.3 Å². The summed E-state index contributed by atoms with van der Waals surface area (Å²) >= 11 is 0. The van der Waals surface area contributed by atoms with Crippen molar-refractivity contribution in [2.24, 2.45) is 0 Å². The molecule has 1 amide bonds. The van der Waals surface area contributed by atoms with Crippen molar-refractivity contribution in [2.75, 3.05) is 19.5 Å². The highest BCUT2D eigenvalue weighted by atomic mass is 16.5. The number of aryl methyl sites for hydroxylation is 1. The maximum atomic E-state index is 12.3. The lowest BCUT2D eigenvalue weighted by Crippen LogP contribution is -2.29. The van der Waals surface area contributed by atoms with Crippen LogP contribution in [0.5, 0.6) is 11.5 Å². The van der Waals surface area contributed by atoms with E-state index in [0.717, 1.165) is 10.2 Å². The highest BCUT2D eigenvalue weighted by Crippen LogP contribution is 2.31. The van der Waals surface area contributed by atoms with E-state index in [2.05, 4.69) is 10.4 Å². The van der Waals surface area contributed by atoms with Crippen molar-refractivity contribution in [3.63, 3.8) is 0 Å². The molecule has 1 aromatic heterocycles. The molecule has 0 atom stereocenters. The third-order valence-electron chi connectivity index (χ3n) is 4.15. The average molecular weight is 379 g/mol. The number of amides is 1. The fourth-order valence-electron chi connectivity index (χ4n) is 2.78. The average Bonchev–Trinajstić information content (AvgIpc) is 2.69. The van der Waals surface area contributed by atoms with E-state index in [9.17, 15) is 9.59 Å². The van der Waals surface area contributed by atoms with Gasteiger partial charge < -0.3 is 14.8 Å². The smallest absolute Gasteiger partial charge is 0.267 e. The normalized spacial score (nSPS) is 10.4. The van der Waals surface area contributed by atoms with Gasteiger partial charge in [0.25, 0.3) is 5.56 Å². The van der Waals surface area contributed by atoms with Crippen LogP contribution >= 0.6 is 0 Å². The zero-order valence-corrected chi connectivity index (χ0v) is 15.9. The molecule has 0 unspecified atom stereocenters. The maximum Gasteiger partial charge on any atom is 0.267 e. The monoisotopic (exact) mass is 379 g/mol. The number of benzene rings is 2. The minimum Gasteiger partial charge on any atom is -0.497 e. The molecular weight excluding hydrogens is 358 g/mol. The van der Waals surface area contributed by atoms with Crippen molar-refractivity contribution in [3.05, 3.63) is 70.5 Å². The zero-order valence-electron chi connectivity index (χ0n) is 15.9. The van der Waals surface area contributed by atoms with E-state index >= 15 is 0 Å². The van der Waals surface area contributed by atoms with Crippen molar-refractivity contribution < 1.29 is 14.3 Å². The zero-order chi connectivity index (χ0) is 20.1. The number of rotatable bonds is 6. The molecule has 0 aliphatic carbocycles. The highest BCUT2D eigenvalue weighted by Gasteiger charge is 2.12. The summed E-state index contributed by atoms with van der Waals surface area (Å²) in [5.74, 6) is 0.867. The molecule has 0 saturated carbocycles. The first-order chi connectivity index (χ1) is 13.5. The van der Waals surface area contributed by atoms with Gasteiger partial charge in [-0.1, -0.05) is 12.1 Å². The van der Waals surface area contributed by atoms with E-state index in [1.807, 2.05) is 25.1 Å². The van der Waals surface area contributed by atoms with Gasteiger partial charge in [-0.05, 0) is 42.8 Å². The summed E-state index contributed by atoms with van der Waals surface area (Å²) in [6.45, 7) is 1.74. The molecule has 1 heterocycles. The van der Waals surface area contributed by atoms with Gasteiger partial charge in [0.2, 0.25) is 5.91 Å². The lowest BCUT2D eigenvalue weighted by atomic mass is 10.1. The molecule has 0 radical (unpaired) electrons. The number of aromatic nitrogens is 2. The first-order valence-electron chi connectivity index (χ1n) is 8.67. The summed E-state index contributed by atoms with van der Waals surface area (Å²) in [6, 6.07) is 15.7. The molecule has 1 N–H and O–H groups in total. The van der Waals surface area contributed by atoms with Crippen LogP contribution in [-0.4, -0.2) is 29.9 Å². The minimum absolute atomic E-state index is 0.195. The molecule has 3 aromatic rings. The predicted octanol–water partition coefficient (Wildman–Crippen LogP) is 2.87. The van der Waals surface area contributed by atoms with Gasteiger partial charge in [-0.3, -0.25) is 9.59 Å². The van der Waals surface area contributed by atoms with E-state index < -0.39 is 0 Å². The van der Waals surface area contributed by atoms with E-state index in [1.165, 1.54) is 6.07 Å². The standard InChI is InChI=1S/C21H21N3O4/c1-14-5-4-6-15(11-14)22-20(25)13-24-21(26)10-9-18(23-24)17-8-7-16(27-2)12-19(17)28-3/h4-12H,13H2,1-3H3,(H,22,25). The number of ether oxygens (including phenoxy) is 2. The number of methoxy groups -OCH3 is 2. The van der Waals surface area contributed by atoms with E-state index in [1.54, 1.807) is 44.6 Å². The lowest BCUT2D eigenvalue weighted by molar-refractivity contribution is -0.117. The van der Waals surface area contributed by atoms with Gasteiger partial charge in [-0.15, -0.1) is 0 Å². The van der Waals surface area contributed by atoms with Crippen LogP contribution in [0.15, 0.2) is 59.4 Å². The number of nitrogens with zero attached hydrogens (tertiary/aromatic N) is 2. The van der Waals surface area contributed by atoms with Gasteiger partial charge in [-0.2, -0.15) is 5.10 Å². The molecule has 0 aliphatic heterocycles. The summed E-state index contributed by atoms with van der Waals surface area (Å²) < 4.78 is 11.7. The van der Waals surface area contributed by atoms with E-state index in [4.69, 9.17) is 9.47 Å². The third-order valence-corrected chi connectivity index (χ3v) is 4.15. The Bertz CT molecular complexity index is 1060. The van der Waals surface area contributed by atoms with Crippen LogP contribution < -0.4 is 20.3 Å². The number of hydrogen-bond acceptors (Lipinski definition) is 5. The predicted molar refractivity (Wildman–Crippen MR) is 107 cm³/mol. The van der Waals surface area contributed by atoms with Crippen LogP contribution in [0, 0.1) is 6.92 Å². The largest absolute Gasteiger partial charge is 0.497 e. The quantitative estimate of drug-likeness (QED) is 0.712. The number of hydrogen-bond donors (Lipinski definition) is 1. The molecule has 0 saturated heterocycles. The molecule has 7 nitrogen and oxygen atoms in total. The second-order valence-corrected chi connectivity index (χ2v) is 6.20. The van der Waals surface area contributed by atoms with Crippen molar-refractivity contribution in [3.8, 4) is 22.8 Å². The SMILES string of the molecule is COc1ccc(-c2ccc(=O)n(CC(=O)Nc3cccc(C)c3)n2)c(OC)c1. The molecule has 3 rings (SSSR count). The van der Waals surface area contributed by atoms with Gasteiger partial charge in [0, 0.05) is 23.4 Å². The van der Waals surface area contributed by atoms with Crippen LogP contribution in [0.25, 0.3) is 11.3 Å². The van der Waals surface area contributed by atoms with Crippen LogP contribution in [0.2, 0.25) is 0 Å². The van der Waals surface area contributed by atoms with Gasteiger partial charge >= 0.3 is 0 Å². The van der Waals surface area contributed by atoms with Crippen molar-refractivity contribution in [2.45, 2.75) is 13.5 Å². The first kappa shape index (κ1) is 19.2. The van der Waals surface area contributed by atoms with Gasteiger partial charge in [0.05, 0.1) is 19.9 Å². The number of nitrogens with one attached hydrogen (secondary N) is 1. The second kappa shape index (κ2) is 8.39. The Morgan fingerprint density at radius 3 is 2.61 bits per heavy atom. The third kappa shape index (κ3) is 4.37. The van der Waals surface area contributed by atoms with Gasteiger partial charge in [0.1, 0.15) is 18.0 Å². The Kier molecular flexibility index (Phi) is 5.74. The van der Waals surface area contributed by atoms with Gasteiger partial charge in [-0.25, -0.2) is 4.68 Å². The van der Waals surface area contributed by atoms with E-state index in [-0.39, 0.29) is 18.0 Å². The summed E-state index contributed by atoms with van der Waals surface area (Å²) in [4.78, 5) is 24.5. The Hall–Kier alpha value is -3.61. The Labute approximate surface area is 162 Å². The van der Waals surface area contributed by atoms with Crippen molar-refractivity contribution >= 4 is 11.6 Å². The Balaban J connectivity index is 1.86. The van der Waals surface area contributed by atoms with Crippen LogP contribution in [0.3, 0.4) is 0 Å². The summed E-state index contributed by atoms with van der Waals surface area (Å²) in [6.07, 6.45) is 0. The fraction of sp³-hybridized carbons (Fsp3) is 0.190. The molecule has 144 valence electrons. The molecule has 28 heavy (non-hydrogen) atoms.